The van der Waals surface area contributed by atoms with E-state index in [1.807, 2.05) is 25.8 Å². The summed E-state index contributed by atoms with van der Waals surface area (Å²) in [5.74, 6) is 2.73. The maximum absolute atomic E-state index is 11.8. The lowest BCUT2D eigenvalue weighted by molar-refractivity contribution is -0.137. The summed E-state index contributed by atoms with van der Waals surface area (Å²) in [6.07, 6.45) is 5.70. The van der Waals surface area contributed by atoms with E-state index in [9.17, 15) is 4.79 Å². The number of carbonyl (C=O) groups excluding carboxylic acids is 1. The molecule has 0 saturated heterocycles. The topological polar surface area (TPSA) is 29.5 Å². The lowest BCUT2D eigenvalue weighted by Gasteiger charge is -2.27. The normalized spacial score (nSPS) is 31.2. The Hall–Kier alpha value is -0.570. The highest BCUT2D eigenvalue weighted by Crippen LogP contribution is 2.48. The Morgan fingerprint density at radius 1 is 1.35 bits per heavy atom. The van der Waals surface area contributed by atoms with E-state index in [0.29, 0.717) is 0 Å². The predicted molar refractivity (Wildman–Crippen MR) is 67.7 cm³/mol. The van der Waals surface area contributed by atoms with Crippen molar-refractivity contribution in [2.45, 2.75) is 45.6 Å². The molecule has 0 aromatic heterocycles. The van der Waals surface area contributed by atoms with Crippen LogP contribution in [0.5, 0.6) is 0 Å². The molecule has 3 unspecified atom stereocenters. The molecule has 2 aliphatic carbocycles. The van der Waals surface area contributed by atoms with Crippen LogP contribution in [-0.4, -0.2) is 37.1 Å². The van der Waals surface area contributed by atoms with Crippen molar-refractivity contribution in [2.24, 2.45) is 17.8 Å². The van der Waals surface area contributed by atoms with Crippen molar-refractivity contribution in [3.05, 3.63) is 0 Å². The molecule has 2 fully saturated rings. The first-order chi connectivity index (χ1) is 8.06. The van der Waals surface area contributed by atoms with Gasteiger partial charge in [-0.05, 0) is 50.9 Å². The molecule has 2 aliphatic rings. The van der Waals surface area contributed by atoms with Gasteiger partial charge in [0.15, 0.2) is 0 Å². The van der Waals surface area contributed by atoms with E-state index < -0.39 is 0 Å². The smallest absolute Gasteiger partial charge is 0.248 e. The van der Waals surface area contributed by atoms with Gasteiger partial charge in [0.1, 0.15) is 6.61 Å². The SMILES string of the molecule is CC(C)OCC(=O)N(C)CC1CC2CCC1C2. The molecule has 0 aliphatic heterocycles. The Morgan fingerprint density at radius 3 is 2.65 bits per heavy atom. The minimum atomic E-state index is 0.126. The zero-order chi connectivity index (χ0) is 12.4. The third-order valence-corrected chi connectivity index (χ3v) is 4.36. The lowest BCUT2D eigenvalue weighted by atomic mass is 9.88. The third-order valence-electron chi connectivity index (χ3n) is 4.36. The zero-order valence-corrected chi connectivity index (χ0v) is 11.3. The molecule has 17 heavy (non-hydrogen) atoms. The first-order valence-corrected chi connectivity index (χ1v) is 6.91. The zero-order valence-electron chi connectivity index (χ0n) is 11.3. The Morgan fingerprint density at radius 2 is 2.12 bits per heavy atom. The van der Waals surface area contributed by atoms with Crippen LogP contribution >= 0.6 is 0 Å². The number of hydrogen-bond donors (Lipinski definition) is 0. The van der Waals surface area contributed by atoms with Crippen LogP contribution in [0.4, 0.5) is 0 Å². The van der Waals surface area contributed by atoms with E-state index in [1.165, 1.54) is 25.7 Å². The van der Waals surface area contributed by atoms with Gasteiger partial charge in [-0.1, -0.05) is 6.42 Å². The Kier molecular flexibility index (Phi) is 4.08. The molecule has 2 rings (SSSR count). The highest BCUT2D eigenvalue weighted by Gasteiger charge is 2.39. The molecular formula is C14H25NO2. The van der Waals surface area contributed by atoms with Crippen LogP contribution in [0, 0.1) is 17.8 Å². The summed E-state index contributed by atoms with van der Waals surface area (Å²) < 4.78 is 5.36. The predicted octanol–water partition coefficient (Wildman–Crippen LogP) is 2.31. The van der Waals surface area contributed by atoms with Crippen molar-refractivity contribution in [3.63, 3.8) is 0 Å². The molecule has 0 aromatic carbocycles. The van der Waals surface area contributed by atoms with E-state index in [0.717, 1.165) is 24.3 Å². The van der Waals surface area contributed by atoms with Crippen molar-refractivity contribution in [3.8, 4) is 0 Å². The van der Waals surface area contributed by atoms with Crippen LogP contribution in [0.15, 0.2) is 0 Å². The number of rotatable bonds is 5. The summed E-state index contributed by atoms with van der Waals surface area (Å²) in [7, 11) is 1.91. The average Bonchev–Trinajstić information content (AvgIpc) is 2.87. The second kappa shape index (κ2) is 5.38. The maximum atomic E-state index is 11.8. The van der Waals surface area contributed by atoms with Gasteiger partial charge in [-0.3, -0.25) is 4.79 Å². The maximum Gasteiger partial charge on any atom is 0.248 e. The van der Waals surface area contributed by atoms with Crippen LogP contribution in [0.2, 0.25) is 0 Å². The largest absolute Gasteiger partial charge is 0.369 e. The fourth-order valence-electron chi connectivity index (χ4n) is 3.40. The fraction of sp³-hybridized carbons (Fsp3) is 0.929. The summed E-state index contributed by atoms with van der Waals surface area (Å²) >= 11 is 0. The second-order valence-electron chi connectivity index (χ2n) is 6.07. The van der Waals surface area contributed by atoms with Crippen LogP contribution in [0.1, 0.15) is 39.5 Å². The van der Waals surface area contributed by atoms with Crippen LogP contribution in [-0.2, 0) is 9.53 Å². The molecule has 1 amide bonds. The number of fused-ring (bicyclic) bond motifs is 2. The van der Waals surface area contributed by atoms with Crippen molar-refractivity contribution in [2.75, 3.05) is 20.2 Å². The summed E-state index contributed by atoms with van der Waals surface area (Å²) in [4.78, 5) is 13.7. The molecule has 2 bridgehead atoms. The highest BCUT2D eigenvalue weighted by atomic mass is 16.5. The highest BCUT2D eigenvalue weighted by molar-refractivity contribution is 5.77. The van der Waals surface area contributed by atoms with Crippen molar-refractivity contribution < 1.29 is 9.53 Å². The van der Waals surface area contributed by atoms with Gasteiger partial charge in [0, 0.05) is 13.6 Å². The van der Waals surface area contributed by atoms with Gasteiger partial charge < -0.3 is 9.64 Å². The van der Waals surface area contributed by atoms with Crippen molar-refractivity contribution >= 4 is 5.91 Å². The van der Waals surface area contributed by atoms with E-state index in [-0.39, 0.29) is 18.6 Å². The molecule has 3 heteroatoms. The van der Waals surface area contributed by atoms with Gasteiger partial charge in [0.05, 0.1) is 6.10 Å². The van der Waals surface area contributed by atoms with Crippen LogP contribution in [0.3, 0.4) is 0 Å². The molecule has 0 N–H and O–H groups in total. The summed E-state index contributed by atoms with van der Waals surface area (Å²) in [6, 6.07) is 0. The van der Waals surface area contributed by atoms with E-state index in [2.05, 4.69) is 0 Å². The second-order valence-corrected chi connectivity index (χ2v) is 6.07. The minimum absolute atomic E-state index is 0.126. The third kappa shape index (κ3) is 3.21. The monoisotopic (exact) mass is 239 g/mol. The Labute approximate surface area is 105 Å². The first-order valence-electron chi connectivity index (χ1n) is 6.91. The fourth-order valence-corrected chi connectivity index (χ4v) is 3.40. The molecule has 3 nitrogen and oxygen atoms in total. The number of likely N-dealkylation sites (N-methyl/N-ethyl adjacent to an activating group) is 1. The van der Waals surface area contributed by atoms with Crippen LogP contribution in [0.25, 0.3) is 0 Å². The van der Waals surface area contributed by atoms with Gasteiger partial charge >= 0.3 is 0 Å². The molecule has 0 radical (unpaired) electrons. The van der Waals surface area contributed by atoms with Gasteiger partial charge in [-0.25, -0.2) is 0 Å². The van der Waals surface area contributed by atoms with Crippen molar-refractivity contribution in [1.82, 2.24) is 4.90 Å². The minimum Gasteiger partial charge on any atom is -0.369 e. The standard InChI is InChI=1S/C14H25NO2/c1-10(2)17-9-14(16)15(3)8-13-7-11-4-5-12(13)6-11/h10-13H,4-9H2,1-3H3. The first kappa shape index (κ1) is 12.9. The van der Waals surface area contributed by atoms with Gasteiger partial charge in [0.25, 0.3) is 0 Å². The Bertz CT molecular complexity index is 277. The average molecular weight is 239 g/mol. The van der Waals surface area contributed by atoms with Gasteiger partial charge in [0.2, 0.25) is 5.91 Å². The number of ether oxygens (including phenoxy) is 1. The number of nitrogens with zero attached hydrogens (tertiary/aromatic N) is 1. The lowest BCUT2D eigenvalue weighted by Crippen LogP contribution is -2.36. The quantitative estimate of drug-likeness (QED) is 0.737. The van der Waals surface area contributed by atoms with E-state index >= 15 is 0 Å². The Balaban J connectivity index is 1.73. The van der Waals surface area contributed by atoms with Crippen LogP contribution < -0.4 is 0 Å². The molecule has 0 aromatic rings. The number of hydrogen-bond acceptors (Lipinski definition) is 2. The van der Waals surface area contributed by atoms with E-state index in [1.54, 1.807) is 0 Å². The summed E-state index contributed by atoms with van der Waals surface area (Å²) in [6.45, 7) is 5.09. The number of carbonyl (C=O) groups is 1. The number of amides is 1. The molecule has 3 atom stereocenters. The summed E-state index contributed by atoms with van der Waals surface area (Å²) in [5.41, 5.74) is 0. The molecule has 2 saturated carbocycles. The van der Waals surface area contributed by atoms with Gasteiger partial charge in [-0.2, -0.15) is 0 Å². The molecule has 0 spiro atoms. The van der Waals surface area contributed by atoms with Gasteiger partial charge in [-0.15, -0.1) is 0 Å². The molecule has 0 heterocycles. The molecular weight excluding hydrogens is 214 g/mol. The molecule has 98 valence electrons. The van der Waals surface area contributed by atoms with Crippen molar-refractivity contribution in [1.29, 1.82) is 0 Å². The van der Waals surface area contributed by atoms with E-state index in [4.69, 9.17) is 4.74 Å². The summed E-state index contributed by atoms with van der Waals surface area (Å²) in [5, 5.41) is 0.